The minimum Gasteiger partial charge on any atom is -0.367 e. The molecule has 2 unspecified atom stereocenters. The van der Waals surface area contributed by atoms with E-state index in [0.29, 0.717) is 11.5 Å². The summed E-state index contributed by atoms with van der Waals surface area (Å²) < 4.78 is 0. The highest BCUT2D eigenvalue weighted by molar-refractivity contribution is 5.35. The van der Waals surface area contributed by atoms with Crippen molar-refractivity contribution in [2.75, 3.05) is 0 Å². The molecule has 0 aromatic carbocycles. The molecule has 0 radical (unpaired) electrons. The highest BCUT2D eigenvalue weighted by Crippen LogP contribution is 2.40. The second kappa shape index (κ2) is 7.73. The lowest BCUT2D eigenvalue weighted by Gasteiger charge is -2.53. The van der Waals surface area contributed by atoms with Gasteiger partial charge in [-0.15, -0.1) is 4.94 Å². The highest BCUT2D eigenvalue weighted by Gasteiger charge is 2.48. The van der Waals surface area contributed by atoms with Gasteiger partial charge in [-0.3, -0.25) is 10.1 Å². The Morgan fingerprint density at radius 1 is 1.36 bits per heavy atom. The molecule has 1 fully saturated rings. The molecule has 0 aliphatic carbocycles. The van der Waals surface area contributed by atoms with Crippen LogP contribution in [0.2, 0.25) is 0 Å². The van der Waals surface area contributed by atoms with Gasteiger partial charge in [-0.25, -0.2) is 5.48 Å². The van der Waals surface area contributed by atoms with E-state index in [0.717, 1.165) is 38.5 Å². The summed E-state index contributed by atoms with van der Waals surface area (Å²) in [5.74, 6) is 0.643. The van der Waals surface area contributed by atoms with E-state index in [4.69, 9.17) is 4.94 Å². The number of hydroxylamine groups is 5. The summed E-state index contributed by atoms with van der Waals surface area (Å²) in [6.45, 7) is 8.36. The number of fused-ring (bicyclic) bond motifs is 1. The minimum atomic E-state index is -0.430. The third-order valence-corrected chi connectivity index (χ3v) is 5.82. The molecule has 9 heteroatoms. The molecule has 3 heterocycles. The summed E-state index contributed by atoms with van der Waals surface area (Å²) in [6.07, 6.45) is 10.4. The van der Waals surface area contributed by atoms with Crippen LogP contribution in [-0.4, -0.2) is 37.4 Å². The molecule has 0 bridgehead atoms. The zero-order chi connectivity index (χ0) is 20.5. The summed E-state index contributed by atoms with van der Waals surface area (Å²) in [4.78, 5) is 16.1. The normalized spacial score (nSPS) is 29.4. The van der Waals surface area contributed by atoms with Gasteiger partial charge in [-0.2, -0.15) is 10.1 Å². The second-order valence-electron chi connectivity index (χ2n) is 8.72. The molecule has 3 aliphatic heterocycles. The molecular formula is C19H31N5O4. The predicted octanol–water partition coefficient (Wildman–Crippen LogP) is 3.16. The predicted molar refractivity (Wildman–Crippen MR) is 104 cm³/mol. The molecule has 0 amide bonds. The molecule has 0 aromatic heterocycles. The van der Waals surface area contributed by atoms with Crippen LogP contribution >= 0.6 is 0 Å². The number of piperidine rings is 1. The maximum absolute atomic E-state index is 11.2. The maximum atomic E-state index is 11.2. The van der Waals surface area contributed by atoms with Crippen molar-refractivity contribution in [2.45, 2.75) is 83.3 Å². The van der Waals surface area contributed by atoms with Crippen molar-refractivity contribution in [3.8, 4) is 0 Å². The zero-order valence-corrected chi connectivity index (χ0v) is 17.1. The van der Waals surface area contributed by atoms with Crippen molar-refractivity contribution in [3.05, 3.63) is 45.7 Å². The third-order valence-electron chi connectivity index (χ3n) is 5.82. The number of hydrogen-bond donors (Lipinski definition) is 3. The Balaban J connectivity index is 1.78. The van der Waals surface area contributed by atoms with Crippen molar-refractivity contribution in [1.29, 1.82) is 0 Å². The Morgan fingerprint density at radius 2 is 2.11 bits per heavy atom. The number of nitrogens with zero attached hydrogens (tertiary/aromatic N) is 3. The van der Waals surface area contributed by atoms with Gasteiger partial charge in [0.2, 0.25) is 0 Å². The Bertz CT molecular complexity index is 717. The zero-order valence-electron chi connectivity index (χ0n) is 17.1. The lowest BCUT2D eigenvalue weighted by molar-refractivity contribution is -0.424. The van der Waals surface area contributed by atoms with E-state index in [1.807, 2.05) is 13.8 Å². The first-order valence-electron chi connectivity index (χ1n) is 9.93. The van der Waals surface area contributed by atoms with E-state index in [1.54, 1.807) is 6.08 Å². The molecule has 3 N–H and O–H groups in total. The topological polar surface area (TPSA) is 103 Å². The molecular weight excluding hydrogens is 362 g/mol. The van der Waals surface area contributed by atoms with Crippen molar-refractivity contribution < 1.29 is 15.1 Å². The number of nitrogens with one attached hydrogen (secondary N) is 2. The first-order valence-corrected chi connectivity index (χ1v) is 9.93. The molecule has 0 aromatic rings. The Hall–Kier alpha value is -2.10. The van der Waals surface area contributed by atoms with Gasteiger partial charge in [0.05, 0.1) is 11.1 Å². The summed E-state index contributed by atoms with van der Waals surface area (Å²) in [5.41, 5.74) is 2.19. The smallest absolute Gasteiger partial charge is 0.297 e. The summed E-state index contributed by atoms with van der Waals surface area (Å²) >= 11 is 0. The van der Waals surface area contributed by atoms with Gasteiger partial charge >= 0.3 is 0 Å². The van der Waals surface area contributed by atoms with Crippen molar-refractivity contribution in [2.24, 2.45) is 0 Å². The van der Waals surface area contributed by atoms with Gasteiger partial charge in [0.25, 0.3) is 5.70 Å². The number of rotatable bonds is 7. The molecule has 3 rings (SSSR count). The van der Waals surface area contributed by atoms with Crippen LogP contribution in [0.4, 0.5) is 0 Å². The molecule has 0 saturated carbocycles. The molecule has 28 heavy (non-hydrogen) atoms. The van der Waals surface area contributed by atoms with Gasteiger partial charge < -0.3 is 10.5 Å². The van der Waals surface area contributed by atoms with Crippen molar-refractivity contribution in [1.82, 2.24) is 20.9 Å². The highest BCUT2D eigenvalue weighted by atomic mass is 16.8. The van der Waals surface area contributed by atoms with E-state index >= 15 is 0 Å². The van der Waals surface area contributed by atoms with Gasteiger partial charge in [0.1, 0.15) is 5.82 Å². The van der Waals surface area contributed by atoms with Crippen LogP contribution in [0.25, 0.3) is 0 Å². The lowest BCUT2D eigenvalue weighted by atomic mass is 9.75. The number of hydrogen-bond acceptors (Lipinski definition) is 8. The molecule has 9 nitrogen and oxygen atoms in total. The Kier molecular flexibility index (Phi) is 5.69. The van der Waals surface area contributed by atoms with Crippen LogP contribution in [0, 0.1) is 10.1 Å². The van der Waals surface area contributed by atoms with Crippen molar-refractivity contribution >= 4 is 0 Å². The lowest BCUT2D eigenvalue weighted by Crippen LogP contribution is -2.63. The Labute approximate surface area is 165 Å². The average Bonchev–Trinajstić information content (AvgIpc) is 3.10. The van der Waals surface area contributed by atoms with Crippen LogP contribution in [0.1, 0.15) is 66.2 Å². The van der Waals surface area contributed by atoms with Crippen LogP contribution in [-0.2, 0) is 4.94 Å². The van der Waals surface area contributed by atoms with E-state index in [9.17, 15) is 15.3 Å². The molecule has 2 atom stereocenters. The fraction of sp³-hybridized carbons (Fsp3) is 0.684. The van der Waals surface area contributed by atoms with Gasteiger partial charge in [-0.05, 0) is 46.1 Å². The Morgan fingerprint density at radius 3 is 2.79 bits per heavy atom. The third kappa shape index (κ3) is 3.87. The summed E-state index contributed by atoms with van der Waals surface area (Å²) in [6, 6.07) is 0.0901. The molecule has 3 aliphatic rings. The van der Waals surface area contributed by atoms with Crippen LogP contribution in [0.5, 0.6) is 0 Å². The quantitative estimate of drug-likeness (QED) is 0.344. The largest absolute Gasteiger partial charge is 0.367 e. The van der Waals surface area contributed by atoms with Gasteiger partial charge in [0.15, 0.2) is 5.70 Å². The monoisotopic (exact) mass is 393 g/mol. The summed E-state index contributed by atoms with van der Waals surface area (Å²) in [5, 5.41) is 28.5. The van der Waals surface area contributed by atoms with Gasteiger partial charge in [0, 0.05) is 23.2 Å². The minimum absolute atomic E-state index is 0.0227. The number of allylic oxidation sites excluding steroid dienone is 2. The van der Waals surface area contributed by atoms with E-state index in [2.05, 4.69) is 24.6 Å². The van der Waals surface area contributed by atoms with Crippen molar-refractivity contribution in [3.63, 3.8) is 0 Å². The molecule has 1 saturated heterocycles. The van der Waals surface area contributed by atoms with Gasteiger partial charge in [-0.1, -0.05) is 26.2 Å². The summed E-state index contributed by atoms with van der Waals surface area (Å²) in [7, 11) is 0. The first kappa shape index (κ1) is 20.6. The average molecular weight is 393 g/mol. The van der Waals surface area contributed by atoms with Crippen LogP contribution in [0.3, 0.4) is 0 Å². The van der Waals surface area contributed by atoms with E-state index in [1.165, 1.54) is 22.4 Å². The fourth-order valence-electron chi connectivity index (χ4n) is 4.56. The maximum Gasteiger partial charge on any atom is 0.297 e. The second-order valence-corrected chi connectivity index (χ2v) is 8.72. The SMILES string of the molecule is CCCCCC1(C)CC(NC2=CC=C([N+](=O)[O-])C3=CNON23)CC(C)(C)N1O. The van der Waals surface area contributed by atoms with Crippen LogP contribution < -0.4 is 10.8 Å². The van der Waals surface area contributed by atoms with E-state index in [-0.39, 0.29) is 17.3 Å². The van der Waals surface area contributed by atoms with E-state index < -0.39 is 10.5 Å². The standard InChI is InChI=1S/C19H31N5O4/c1-5-6-7-10-19(4)12-14(11-18(2,3)24(19)27)21-17-9-8-15(23(25)26)16-13-20-28-22(16)17/h8-9,13-14,20-21,27H,5-7,10-12H2,1-4H3. The molecule has 0 spiro atoms. The number of unbranched alkanes of at least 4 members (excludes halogenated alkanes) is 2. The first-order chi connectivity index (χ1) is 13.2. The fourth-order valence-corrected chi connectivity index (χ4v) is 4.56. The van der Waals surface area contributed by atoms with Crippen LogP contribution in [0.15, 0.2) is 35.6 Å². The number of nitro groups is 1. The molecule has 156 valence electrons.